The molecule has 3 aromatic heterocycles. The van der Waals surface area contributed by atoms with E-state index in [4.69, 9.17) is 4.52 Å². The van der Waals surface area contributed by atoms with Gasteiger partial charge in [0.05, 0.1) is 16.6 Å². The molecule has 0 unspecified atom stereocenters. The van der Waals surface area contributed by atoms with E-state index < -0.39 is 0 Å². The zero-order valence-corrected chi connectivity index (χ0v) is 13.5. The zero-order valence-electron chi connectivity index (χ0n) is 13.5. The second-order valence-electron chi connectivity index (χ2n) is 5.82. The van der Waals surface area contributed by atoms with Gasteiger partial charge in [0.25, 0.3) is 11.6 Å². The van der Waals surface area contributed by atoms with Gasteiger partial charge in [-0.25, -0.2) is 9.97 Å². The van der Waals surface area contributed by atoms with Crippen molar-refractivity contribution >= 4 is 22.8 Å². The highest BCUT2D eigenvalue weighted by atomic mass is 16.5. The van der Waals surface area contributed by atoms with E-state index in [2.05, 4.69) is 20.4 Å². The molecule has 6 heteroatoms. The Morgan fingerprint density at radius 1 is 1.30 bits per heavy atom. The molecule has 6 nitrogen and oxygen atoms in total. The lowest BCUT2D eigenvalue weighted by molar-refractivity contribution is 0.102. The van der Waals surface area contributed by atoms with Crippen LogP contribution in [0.4, 0.5) is 5.82 Å². The van der Waals surface area contributed by atoms with E-state index >= 15 is 0 Å². The SMILES string of the molecule is Cc1cccnc1NC(=O)c1cc(C(C)C)nc2onc(C)c12. The Balaban J connectivity index is 2.09. The Labute approximate surface area is 133 Å². The number of nitrogens with one attached hydrogen (secondary N) is 1. The predicted molar refractivity (Wildman–Crippen MR) is 87.6 cm³/mol. The van der Waals surface area contributed by atoms with Crippen LogP contribution in [-0.4, -0.2) is 21.0 Å². The summed E-state index contributed by atoms with van der Waals surface area (Å²) in [5.41, 5.74) is 3.22. The molecule has 3 aromatic rings. The molecule has 0 bridgehead atoms. The number of carbonyl (C=O) groups excluding carboxylic acids is 1. The van der Waals surface area contributed by atoms with Gasteiger partial charge in [-0.3, -0.25) is 4.79 Å². The van der Waals surface area contributed by atoms with Gasteiger partial charge >= 0.3 is 0 Å². The normalized spacial score (nSPS) is 11.2. The smallest absolute Gasteiger partial charge is 0.259 e. The molecule has 0 aliphatic rings. The summed E-state index contributed by atoms with van der Waals surface area (Å²) in [4.78, 5) is 21.4. The number of fused-ring (bicyclic) bond motifs is 1. The number of carbonyl (C=O) groups is 1. The van der Waals surface area contributed by atoms with Crippen molar-refractivity contribution in [3.8, 4) is 0 Å². The third-order valence-corrected chi connectivity index (χ3v) is 3.71. The van der Waals surface area contributed by atoms with Gasteiger partial charge in [-0.15, -0.1) is 0 Å². The van der Waals surface area contributed by atoms with E-state index in [-0.39, 0.29) is 11.8 Å². The van der Waals surface area contributed by atoms with Crippen molar-refractivity contribution in [2.45, 2.75) is 33.6 Å². The fourth-order valence-corrected chi connectivity index (χ4v) is 2.38. The minimum atomic E-state index is -0.243. The maximum absolute atomic E-state index is 12.8. The van der Waals surface area contributed by atoms with Crippen molar-refractivity contribution in [3.05, 3.63) is 46.9 Å². The molecular weight excluding hydrogens is 292 g/mol. The van der Waals surface area contributed by atoms with Crippen LogP contribution in [0.25, 0.3) is 11.1 Å². The summed E-state index contributed by atoms with van der Waals surface area (Å²) in [6.07, 6.45) is 1.65. The highest BCUT2D eigenvalue weighted by Gasteiger charge is 2.20. The van der Waals surface area contributed by atoms with Gasteiger partial charge in [-0.1, -0.05) is 25.1 Å². The Morgan fingerprint density at radius 2 is 2.09 bits per heavy atom. The van der Waals surface area contributed by atoms with E-state index in [9.17, 15) is 4.79 Å². The third-order valence-electron chi connectivity index (χ3n) is 3.71. The van der Waals surface area contributed by atoms with E-state index in [1.807, 2.05) is 32.9 Å². The summed E-state index contributed by atoms with van der Waals surface area (Å²) in [6.45, 7) is 7.73. The van der Waals surface area contributed by atoms with E-state index in [0.717, 1.165) is 11.3 Å². The molecule has 0 aliphatic heterocycles. The number of nitrogens with zero attached hydrogens (tertiary/aromatic N) is 3. The Kier molecular flexibility index (Phi) is 3.82. The fourth-order valence-electron chi connectivity index (χ4n) is 2.38. The second-order valence-corrected chi connectivity index (χ2v) is 5.82. The van der Waals surface area contributed by atoms with E-state index in [1.165, 1.54) is 0 Å². The number of aromatic nitrogens is 3. The van der Waals surface area contributed by atoms with Crippen LogP contribution in [0.5, 0.6) is 0 Å². The Morgan fingerprint density at radius 3 is 2.78 bits per heavy atom. The molecule has 0 fully saturated rings. The zero-order chi connectivity index (χ0) is 16.6. The van der Waals surface area contributed by atoms with Crippen LogP contribution in [0.2, 0.25) is 0 Å². The molecule has 23 heavy (non-hydrogen) atoms. The average molecular weight is 310 g/mol. The van der Waals surface area contributed by atoms with Gasteiger partial charge in [-0.2, -0.15) is 0 Å². The first-order valence-electron chi connectivity index (χ1n) is 7.47. The molecular formula is C17H18N4O2. The molecule has 0 radical (unpaired) electrons. The highest BCUT2D eigenvalue weighted by molar-refractivity contribution is 6.12. The first kappa shape index (κ1) is 15.1. The Hall–Kier alpha value is -2.76. The van der Waals surface area contributed by atoms with Crippen LogP contribution in [0.1, 0.15) is 47.1 Å². The molecule has 118 valence electrons. The van der Waals surface area contributed by atoms with Gasteiger partial charge < -0.3 is 9.84 Å². The molecule has 0 spiro atoms. The molecule has 3 rings (SSSR count). The summed E-state index contributed by atoms with van der Waals surface area (Å²) in [5, 5.41) is 7.42. The molecule has 1 amide bonds. The average Bonchev–Trinajstić information content (AvgIpc) is 2.90. The number of hydrogen-bond donors (Lipinski definition) is 1. The molecule has 3 heterocycles. The number of amides is 1. The van der Waals surface area contributed by atoms with E-state index in [0.29, 0.717) is 28.2 Å². The Bertz CT molecular complexity index is 883. The van der Waals surface area contributed by atoms with Gasteiger partial charge in [0.1, 0.15) is 5.82 Å². The number of hydrogen-bond acceptors (Lipinski definition) is 5. The second kappa shape index (κ2) is 5.79. The topological polar surface area (TPSA) is 80.9 Å². The highest BCUT2D eigenvalue weighted by Crippen LogP contribution is 2.26. The summed E-state index contributed by atoms with van der Waals surface area (Å²) >= 11 is 0. The largest absolute Gasteiger partial charge is 0.336 e. The fraction of sp³-hybridized carbons (Fsp3) is 0.294. The molecule has 0 saturated heterocycles. The van der Waals surface area contributed by atoms with E-state index in [1.54, 1.807) is 19.2 Å². The molecule has 0 saturated carbocycles. The van der Waals surface area contributed by atoms with Crippen LogP contribution in [0.15, 0.2) is 28.9 Å². The molecule has 0 atom stereocenters. The predicted octanol–water partition coefficient (Wildman–Crippen LogP) is 3.61. The quantitative estimate of drug-likeness (QED) is 0.799. The van der Waals surface area contributed by atoms with Crippen molar-refractivity contribution in [2.24, 2.45) is 0 Å². The maximum Gasteiger partial charge on any atom is 0.259 e. The third kappa shape index (κ3) is 2.79. The number of pyridine rings is 2. The lowest BCUT2D eigenvalue weighted by Gasteiger charge is -2.10. The van der Waals surface area contributed by atoms with Crippen LogP contribution < -0.4 is 5.32 Å². The molecule has 0 aromatic carbocycles. The summed E-state index contributed by atoms with van der Waals surface area (Å²) in [6, 6.07) is 5.52. The van der Waals surface area contributed by atoms with Crippen molar-refractivity contribution in [3.63, 3.8) is 0 Å². The summed E-state index contributed by atoms with van der Waals surface area (Å²) < 4.78 is 5.25. The van der Waals surface area contributed by atoms with Crippen molar-refractivity contribution < 1.29 is 9.32 Å². The maximum atomic E-state index is 12.8. The minimum Gasteiger partial charge on any atom is -0.336 e. The summed E-state index contributed by atoms with van der Waals surface area (Å²) in [7, 11) is 0. The van der Waals surface area contributed by atoms with Crippen molar-refractivity contribution in [1.82, 2.24) is 15.1 Å². The number of anilines is 1. The lowest BCUT2D eigenvalue weighted by atomic mass is 10.0. The minimum absolute atomic E-state index is 0.174. The van der Waals surface area contributed by atoms with Gasteiger partial charge in [0.15, 0.2) is 0 Å². The van der Waals surface area contributed by atoms with Gasteiger partial charge in [-0.05, 0) is 37.5 Å². The molecule has 1 N–H and O–H groups in total. The van der Waals surface area contributed by atoms with Crippen LogP contribution >= 0.6 is 0 Å². The van der Waals surface area contributed by atoms with Gasteiger partial charge in [0.2, 0.25) is 0 Å². The monoisotopic (exact) mass is 310 g/mol. The van der Waals surface area contributed by atoms with Crippen molar-refractivity contribution in [1.29, 1.82) is 0 Å². The number of rotatable bonds is 3. The number of aryl methyl sites for hydroxylation is 2. The molecule has 0 aliphatic carbocycles. The van der Waals surface area contributed by atoms with Crippen LogP contribution in [0.3, 0.4) is 0 Å². The summed E-state index contributed by atoms with van der Waals surface area (Å²) in [5.74, 6) is 0.475. The van der Waals surface area contributed by atoms with Gasteiger partial charge in [0, 0.05) is 11.9 Å². The van der Waals surface area contributed by atoms with Crippen molar-refractivity contribution in [2.75, 3.05) is 5.32 Å². The first-order chi connectivity index (χ1) is 11.0. The van der Waals surface area contributed by atoms with Crippen LogP contribution in [-0.2, 0) is 0 Å². The van der Waals surface area contributed by atoms with Crippen LogP contribution in [0, 0.1) is 13.8 Å². The standard InChI is InChI=1S/C17H18N4O2/c1-9(2)13-8-12(14-11(4)21-23-17(14)19-13)16(22)20-15-10(3)6-5-7-18-15/h5-9H,1-4H3,(H,18,20,22). The lowest BCUT2D eigenvalue weighted by Crippen LogP contribution is -2.15. The first-order valence-corrected chi connectivity index (χ1v) is 7.47.